The summed E-state index contributed by atoms with van der Waals surface area (Å²) in [5.41, 5.74) is 0.783. The van der Waals surface area contributed by atoms with Gasteiger partial charge in [0.15, 0.2) is 11.0 Å². The molecule has 1 aromatic rings. The van der Waals surface area contributed by atoms with Crippen LogP contribution < -0.4 is 10.6 Å². The number of nitrogens with zero attached hydrogens (tertiary/aromatic N) is 1. The number of ether oxygens (including phenoxy) is 1. The van der Waals surface area contributed by atoms with Crippen LogP contribution in [0.3, 0.4) is 0 Å². The molecule has 6 nitrogen and oxygen atoms in total. The van der Waals surface area contributed by atoms with Crippen molar-refractivity contribution in [2.24, 2.45) is 0 Å². The number of carbonyl (C=O) groups excluding carboxylic acids is 1. The van der Waals surface area contributed by atoms with Gasteiger partial charge in [-0.15, -0.1) is 0 Å². The third kappa shape index (κ3) is 4.18. The molecular weight excluding hydrogens is 292 g/mol. The fraction of sp³-hybridized carbons (Fsp3) is 0.714. The first kappa shape index (κ1) is 16.3. The average Bonchev–Trinajstić information content (AvgIpc) is 2.87. The second-order valence-electron chi connectivity index (χ2n) is 5.19. The molecule has 7 heteroatoms. The fourth-order valence-electron chi connectivity index (χ4n) is 2.41. The number of hydrogen-bond acceptors (Lipinski definition) is 4. The van der Waals surface area contributed by atoms with Crippen LogP contribution in [0.2, 0.25) is 5.15 Å². The lowest BCUT2D eigenvalue weighted by Crippen LogP contribution is -2.54. The number of halogens is 1. The number of piperidine rings is 1. The van der Waals surface area contributed by atoms with Gasteiger partial charge in [0.2, 0.25) is 0 Å². The van der Waals surface area contributed by atoms with Crippen LogP contribution in [-0.4, -0.2) is 47.7 Å². The largest absolute Gasteiger partial charge is 0.375 e. The van der Waals surface area contributed by atoms with Crippen molar-refractivity contribution in [3.63, 3.8) is 0 Å². The highest BCUT2D eigenvalue weighted by atomic mass is 35.5. The molecule has 0 aromatic carbocycles. The van der Waals surface area contributed by atoms with E-state index >= 15 is 0 Å². The number of hydrogen-bond donors (Lipinski definition) is 3. The van der Waals surface area contributed by atoms with Crippen molar-refractivity contribution in [2.75, 3.05) is 19.7 Å². The van der Waals surface area contributed by atoms with Crippen LogP contribution >= 0.6 is 11.6 Å². The number of rotatable bonds is 6. The molecule has 0 spiro atoms. The Hall–Kier alpha value is -1.11. The minimum absolute atomic E-state index is 0.000693. The topological polar surface area (TPSA) is 79.0 Å². The lowest BCUT2D eigenvalue weighted by molar-refractivity contribution is 0.0141. The van der Waals surface area contributed by atoms with Crippen molar-refractivity contribution in [3.8, 4) is 0 Å². The third-order valence-electron chi connectivity index (χ3n) is 3.58. The van der Waals surface area contributed by atoms with Gasteiger partial charge in [-0.05, 0) is 25.8 Å². The monoisotopic (exact) mass is 314 g/mol. The molecule has 21 heavy (non-hydrogen) atoms. The number of aromatic amines is 1. The van der Waals surface area contributed by atoms with Gasteiger partial charge in [0, 0.05) is 13.2 Å². The number of aryl methyl sites for hydroxylation is 1. The van der Waals surface area contributed by atoms with E-state index in [0.29, 0.717) is 18.2 Å². The second kappa shape index (κ2) is 7.77. The van der Waals surface area contributed by atoms with Crippen molar-refractivity contribution >= 4 is 17.5 Å². The Balaban J connectivity index is 1.98. The quantitative estimate of drug-likeness (QED) is 0.743. The highest BCUT2D eigenvalue weighted by Gasteiger charge is 2.28. The van der Waals surface area contributed by atoms with Gasteiger partial charge in [-0.25, -0.2) is 4.98 Å². The molecule has 1 aliphatic heterocycles. The molecule has 3 N–H and O–H groups in total. The Morgan fingerprint density at radius 3 is 3.00 bits per heavy atom. The summed E-state index contributed by atoms with van der Waals surface area (Å²) in [7, 11) is 0. The molecule has 1 saturated heterocycles. The van der Waals surface area contributed by atoms with Crippen molar-refractivity contribution in [1.82, 2.24) is 20.6 Å². The number of amides is 1. The van der Waals surface area contributed by atoms with Gasteiger partial charge in [0.25, 0.3) is 5.91 Å². The van der Waals surface area contributed by atoms with Gasteiger partial charge in [0.05, 0.1) is 17.8 Å². The highest BCUT2D eigenvalue weighted by Crippen LogP contribution is 2.14. The summed E-state index contributed by atoms with van der Waals surface area (Å²) in [5.74, 6) is 0.0400. The first-order chi connectivity index (χ1) is 10.2. The summed E-state index contributed by atoms with van der Waals surface area (Å²) in [6.45, 7) is 6.36. The maximum atomic E-state index is 12.3. The van der Waals surface area contributed by atoms with E-state index in [1.807, 2.05) is 6.92 Å². The Morgan fingerprint density at radius 2 is 2.33 bits per heavy atom. The second-order valence-corrected chi connectivity index (χ2v) is 5.55. The smallest absolute Gasteiger partial charge is 0.287 e. The SMILES string of the molecule is CCCO[C@@H]1CNCC[C@@H]1NC(=O)c1nc(Cl)c(CC)[nH]1. The van der Waals surface area contributed by atoms with E-state index in [4.69, 9.17) is 16.3 Å². The van der Waals surface area contributed by atoms with Crippen LogP contribution in [0.4, 0.5) is 0 Å². The van der Waals surface area contributed by atoms with Crippen LogP contribution in [0.25, 0.3) is 0 Å². The number of aromatic nitrogens is 2. The summed E-state index contributed by atoms with van der Waals surface area (Å²) in [5, 5.41) is 6.66. The van der Waals surface area contributed by atoms with E-state index in [1.54, 1.807) is 0 Å². The first-order valence-corrected chi connectivity index (χ1v) is 7.91. The molecule has 1 fully saturated rings. The zero-order valence-corrected chi connectivity index (χ0v) is 13.3. The van der Waals surface area contributed by atoms with Crippen LogP contribution in [0.15, 0.2) is 0 Å². The molecule has 1 aliphatic rings. The summed E-state index contributed by atoms with van der Waals surface area (Å²) in [6.07, 6.45) is 2.52. The highest BCUT2D eigenvalue weighted by molar-refractivity contribution is 6.30. The Bertz CT molecular complexity index is 478. The van der Waals surface area contributed by atoms with Gasteiger partial charge >= 0.3 is 0 Å². The lowest BCUT2D eigenvalue weighted by Gasteiger charge is -2.32. The summed E-state index contributed by atoms with van der Waals surface area (Å²) in [4.78, 5) is 19.3. The lowest BCUT2D eigenvalue weighted by atomic mass is 10.0. The maximum Gasteiger partial charge on any atom is 0.287 e. The average molecular weight is 315 g/mol. The molecule has 2 atom stereocenters. The third-order valence-corrected chi connectivity index (χ3v) is 3.89. The molecule has 1 amide bonds. The Kier molecular flexibility index (Phi) is 6.02. The molecule has 2 heterocycles. The first-order valence-electron chi connectivity index (χ1n) is 7.53. The van der Waals surface area contributed by atoms with E-state index in [9.17, 15) is 4.79 Å². The number of imidazole rings is 1. The summed E-state index contributed by atoms with van der Waals surface area (Å²) in [6, 6.07) is -0.000693. The molecule has 0 radical (unpaired) electrons. The number of H-pyrrole nitrogens is 1. The van der Waals surface area contributed by atoms with Gasteiger partial charge in [0.1, 0.15) is 0 Å². The van der Waals surface area contributed by atoms with E-state index in [1.165, 1.54) is 0 Å². The zero-order valence-electron chi connectivity index (χ0n) is 12.5. The van der Waals surface area contributed by atoms with Crippen molar-refractivity contribution in [2.45, 2.75) is 45.3 Å². The molecular formula is C14H23ClN4O2. The molecule has 0 unspecified atom stereocenters. The minimum atomic E-state index is -0.228. The van der Waals surface area contributed by atoms with Crippen LogP contribution in [0.5, 0.6) is 0 Å². The van der Waals surface area contributed by atoms with Crippen LogP contribution in [-0.2, 0) is 11.2 Å². The summed E-state index contributed by atoms with van der Waals surface area (Å²) >= 11 is 5.97. The van der Waals surface area contributed by atoms with Crippen molar-refractivity contribution in [1.29, 1.82) is 0 Å². The molecule has 118 valence electrons. The van der Waals surface area contributed by atoms with Gasteiger partial charge in [-0.1, -0.05) is 25.4 Å². The van der Waals surface area contributed by atoms with Crippen molar-refractivity contribution in [3.05, 3.63) is 16.7 Å². The van der Waals surface area contributed by atoms with Gasteiger partial charge < -0.3 is 20.4 Å². The number of carbonyl (C=O) groups is 1. The molecule has 0 aliphatic carbocycles. The van der Waals surface area contributed by atoms with E-state index < -0.39 is 0 Å². The fourth-order valence-corrected chi connectivity index (χ4v) is 2.67. The van der Waals surface area contributed by atoms with Gasteiger partial charge in [-0.3, -0.25) is 4.79 Å². The predicted octanol–water partition coefficient (Wildman–Crippen LogP) is 1.51. The zero-order chi connectivity index (χ0) is 15.2. The van der Waals surface area contributed by atoms with Crippen LogP contribution in [0.1, 0.15) is 43.0 Å². The Morgan fingerprint density at radius 1 is 1.52 bits per heavy atom. The van der Waals surface area contributed by atoms with E-state index in [2.05, 4.69) is 27.5 Å². The standard InChI is InChI=1S/C14H23ClN4O2/c1-3-7-21-11-8-16-6-5-10(11)18-14(20)13-17-9(4-2)12(15)19-13/h10-11,16H,3-8H2,1-2H3,(H,17,19)(H,18,20)/t10-,11+/m0/s1. The van der Waals surface area contributed by atoms with Crippen LogP contribution in [0, 0.1) is 0 Å². The number of nitrogens with one attached hydrogen (secondary N) is 3. The minimum Gasteiger partial charge on any atom is -0.375 e. The summed E-state index contributed by atoms with van der Waals surface area (Å²) < 4.78 is 5.80. The molecule has 0 bridgehead atoms. The molecule has 0 saturated carbocycles. The molecule has 2 rings (SSSR count). The van der Waals surface area contributed by atoms with E-state index in [0.717, 1.165) is 31.6 Å². The Labute approximate surface area is 130 Å². The van der Waals surface area contributed by atoms with Crippen molar-refractivity contribution < 1.29 is 9.53 Å². The predicted molar refractivity (Wildman–Crippen MR) is 81.7 cm³/mol. The van der Waals surface area contributed by atoms with E-state index in [-0.39, 0.29) is 23.9 Å². The maximum absolute atomic E-state index is 12.3. The van der Waals surface area contributed by atoms with Gasteiger partial charge in [-0.2, -0.15) is 0 Å². The molecule has 1 aromatic heterocycles. The normalized spacial score (nSPS) is 22.2.